The van der Waals surface area contributed by atoms with Gasteiger partial charge in [0.25, 0.3) is 0 Å². The zero-order chi connectivity index (χ0) is 14.4. The fourth-order valence-electron chi connectivity index (χ4n) is 2.86. The van der Waals surface area contributed by atoms with Crippen molar-refractivity contribution < 1.29 is 9.47 Å². The van der Waals surface area contributed by atoms with Crippen LogP contribution in [0.3, 0.4) is 0 Å². The molecule has 1 fully saturated rings. The van der Waals surface area contributed by atoms with Gasteiger partial charge < -0.3 is 15.2 Å². The third-order valence-corrected chi connectivity index (χ3v) is 3.96. The lowest BCUT2D eigenvalue weighted by atomic mass is 9.77. The van der Waals surface area contributed by atoms with E-state index in [-0.39, 0.29) is 6.04 Å². The molecule has 0 spiro atoms. The first-order chi connectivity index (χ1) is 9.74. The number of rotatable bonds is 8. The molecule has 1 aliphatic rings. The number of hydrogen-bond donors (Lipinski definition) is 1. The second-order valence-corrected chi connectivity index (χ2v) is 5.64. The van der Waals surface area contributed by atoms with Crippen LogP contribution in [0.5, 0.6) is 5.75 Å². The molecule has 1 aromatic carbocycles. The summed E-state index contributed by atoms with van der Waals surface area (Å²) < 4.78 is 11.4. The smallest absolute Gasteiger partial charge is 0.124 e. The second-order valence-electron chi connectivity index (χ2n) is 5.64. The number of hydrogen-bond acceptors (Lipinski definition) is 3. The van der Waals surface area contributed by atoms with Gasteiger partial charge in [-0.3, -0.25) is 0 Å². The highest BCUT2D eigenvalue weighted by Crippen LogP contribution is 2.37. The highest BCUT2D eigenvalue weighted by atomic mass is 16.5. The summed E-state index contributed by atoms with van der Waals surface area (Å²) >= 11 is 0. The van der Waals surface area contributed by atoms with Crippen molar-refractivity contribution in [3.05, 3.63) is 29.8 Å². The predicted molar refractivity (Wildman–Crippen MR) is 81.9 cm³/mol. The number of para-hydroxylation sites is 1. The topological polar surface area (TPSA) is 44.5 Å². The van der Waals surface area contributed by atoms with E-state index >= 15 is 0 Å². The normalized spacial score (nSPS) is 23.1. The van der Waals surface area contributed by atoms with Crippen LogP contribution in [-0.2, 0) is 4.74 Å². The van der Waals surface area contributed by atoms with Gasteiger partial charge in [-0.05, 0) is 44.6 Å². The van der Waals surface area contributed by atoms with Crippen molar-refractivity contribution in [1.29, 1.82) is 0 Å². The van der Waals surface area contributed by atoms with E-state index in [1.54, 1.807) is 0 Å². The van der Waals surface area contributed by atoms with E-state index in [4.69, 9.17) is 15.2 Å². The van der Waals surface area contributed by atoms with Gasteiger partial charge >= 0.3 is 0 Å². The van der Waals surface area contributed by atoms with Crippen molar-refractivity contribution in [3.63, 3.8) is 0 Å². The van der Waals surface area contributed by atoms with Crippen LogP contribution in [0.2, 0.25) is 0 Å². The maximum atomic E-state index is 6.38. The largest absolute Gasteiger partial charge is 0.493 e. The summed E-state index contributed by atoms with van der Waals surface area (Å²) in [6.45, 7) is 5.74. The Morgan fingerprint density at radius 1 is 1.25 bits per heavy atom. The molecule has 0 aliphatic heterocycles. The number of nitrogens with two attached hydrogens (primary N) is 1. The summed E-state index contributed by atoms with van der Waals surface area (Å²) in [5, 5.41) is 0. The molecule has 0 aromatic heterocycles. The molecule has 1 aliphatic carbocycles. The zero-order valence-electron chi connectivity index (χ0n) is 12.7. The summed E-state index contributed by atoms with van der Waals surface area (Å²) in [5.74, 6) is 1.64. The average molecular weight is 277 g/mol. The minimum atomic E-state index is 0.0654. The molecule has 1 aromatic rings. The highest BCUT2D eigenvalue weighted by Gasteiger charge is 2.31. The van der Waals surface area contributed by atoms with Gasteiger partial charge in [0.2, 0.25) is 0 Å². The Kier molecular flexibility index (Phi) is 5.86. The molecule has 3 nitrogen and oxygen atoms in total. The van der Waals surface area contributed by atoms with E-state index in [9.17, 15) is 0 Å². The maximum absolute atomic E-state index is 6.38. The minimum absolute atomic E-state index is 0.0654. The molecule has 112 valence electrons. The van der Waals surface area contributed by atoms with Crippen LogP contribution in [0.1, 0.15) is 51.1 Å². The third kappa shape index (κ3) is 3.97. The van der Waals surface area contributed by atoms with Crippen LogP contribution in [-0.4, -0.2) is 19.3 Å². The van der Waals surface area contributed by atoms with Gasteiger partial charge in [-0.15, -0.1) is 0 Å². The predicted octanol–water partition coefficient (Wildman–Crippen LogP) is 3.68. The minimum Gasteiger partial charge on any atom is -0.493 e. The fraction of sp³-hybridized carbons (Fsp3) is 0.647. The van der Waals surface area contributed by atoms with Gasteiger partial charge in [0.15, 0.2) is 0 Å². The molecule has 2 rings (SSSR count). The molecule has 0 amide bonds. The van der Waals surface area contributed by atoms with Gasteiger partial charge in [0.05, 0.1) is 12.7 Å². The lowest BCUT2D eigenvalue weighted by Crippen LogP contribution is -2.33. The van der Waals surface area contributed by atoms with Gasteiger partial charge in [-0.2, -0.15) is 0 Å². The van der Waals surface area contributed by atoms with E-state index < -0.39 is 0 Å². The Morgan fingerprint density at radius 3 is 2.70 bits per heavy atom. The van der Waals surface area contributed by atoms with Crippen molar-refractivity contribution in [2.75, 3.05) is 13.2 Å². The molecule has 1 unspecified atom stereocenters. The molecule has 2 N–H and O–H groups in total. The molecule has 1 atom stereocenters. The van der Waals surface area contributed by atoms with E-state index in [2.05, 4.69) is 19.9 Å². The molecule has 0 heterocycles. The van der Waals surface area contributed by atoms with Crippen molar-refractivity contribution in [1.82, 2.24) is 0 Å². The SMILES string of the molecule is CCCOc1ccccc1C(N)CC1CC(OCC)C1. The van der Waals surface area contributed by atoms with Crippen molar-refractivity contribution >= 4 is 0 Å². The number of benzene rings is 1. The zero-order valence-corrected chi connectivity index (χ0v) is 12.7. The standard InChI is InChI=1S/C17H27NO2/c1-3-9-20-17-8-6-5-7-15(17)16(18)12-13-10-14(11-13)19-4-2/h5-8,13-14,16H,3-4,9-12,18H2,1-2H3. The number of ether oxygens (including phenoxy) is 2. The molecule has 1 saturated carbocycles. The molecule has 0 radical (unpaired) electrons. The Hall–Kier alpha value is -1.06. The average Bonchev–Trinajstić information content (AvgIpc) is 2.43. The Morgan fingerprint density at radius 2 is 2.00 bits per heavy atom. The molecule has 0 saturated heterocycles. The quantitative estimate of drug-likeness (QED) is 0.788. The molecular formula is C17H27NO2. The van der Waals surface area contributed by atoms with E-state index in [1.807, 2.05) is 18.2 Å². The van der Waals surface area contributed by atoms with Crippen molar-refractivity contribution in [2.24, 2.45) is 11.7 Å². The van der Waals surface area contributed by atoms with Gasteiger partial charge in [-0.25, -0.2) is 0 Å². The Labute approximate surface area is 122 Å². The second kappa shape index (κ2) is 7.65. The van der Waals surface area contributed by atoms with Gasteiger partial charge in [0.1, 0.15) is 5.75 Å². The summed E-state index contributed by atoms with van der Waals surface area (Å²) in [5.41, 5.74) is 7.52. The molecule has 0 bridgehead atoms. The van der Waals surface area contributed by atoms with E-state index in [0.29, 0.717) is 12.0 Å². The summed E-state index contributed by atoms with van der Waals surface area (Å²) in [7, 11) is 0. The van der Waals surface area contributed by atoms with E-state index in [0.717, 1.165) is 50.2 Å². The summed E-state index contributed by atoms with van der Waals surface area (Å²) in [6.07, 6.45) is 4.81. The van der Waals surface area contributed by atoms with Crippen LogP contribution in [0.25, 0.3) is 0 Å². The van der Waals surface area contributed by atoms with Crippen LogP contribution in [0.15, 0.2) is 24.3 Å². The maximum Gasteiger partial charge on any atom is 0.124 e. The summed E-state index contributed by atoms with van der Waals surface area (Å²) in [4.78, 5) is 0. The van der Waals surface area contributed by atoms with Crippen LogP contribution in [0.4, 0.5) is 0 Å². The monoisotopic (exact) mass is 277 g/mol. The molecule has 20 heavy (non-hydrogen) atoms. The molecule has 3 heteroatoms. The van der Waals surface area contributed by atoms with Crippen molar-refractivity contribution in [2.45, 2.75) is 51.7 Å². The van der Waals surface area contributed by atoms with Crippen LogP contribution in [0, 0.1) is 5.92 Å². The lowest BCUT2D eigenvalue weighted by molar-refractivity contribution is -0.0282. The van der Waals surface area contributed by atoms with Crippen molar-refractivity contribution in [3.8, 4) is 5.75 Å². The van der Waals surface area contributed by atoms with Crippen LogP contribution < -0.4 is 10.5 Å². The van der Waals surface area contributed by atoms with Gasteiger partial charge in [0, 0.05) is 18.2 Å². The van der Waals surface area contributed by atoms with Gasteiger partial charge in [-0.1, -0.05) is 25.1 Å². The first-order valence-corrected chi connectivity index (χ1v) is 7.83. The fourth-order valence-corrected chi connectivity index (χ4v) is 2.86. The Balaban J connectivity index is 1.87. The van der Waals surface area contributed by atoms with E-state index in [1.165, 1.54) is 0 Å². The first-order valence-electron chi connectivity index (χ1n) is 7.83. The van der Waals surface area contributed by atoms with Crippen LogP contribution >= 0.6 is 0 Å². The Bertz CT molecular complexity index is 402. The summed E-state index contributed by atoms with van der Waals surface area (Å²) in [6, 6.07) is 8.23. The third-order valence-electron chi connectivity index (χ3n) is 3.96. The molecular weight excluding hydrogens is 250 g/mol. The lowest BCUT2D eigenvalue weighted by Gasteiger charge is -2.36. The first kappa shape index (κ1) is 15.3. The highest BCUT2D eigenvalue weighted by molar-refractivity contribution is 5.35.